The highest BCUT2D eigenvalue weighted by molar-refractivity contribution is 6.04. The second kappa shape index (κ2) is 8.05. The molecule has 0 aliphatic rings. The summed E-state index contributed by atoms with van der Waals surface area (Å²) >= 11 is 0. The van der Waals surface area contributed by atoms with Gasteiger partial charge in [-0.1, -0.05) is 26.7 Å². The van der Waals surface area contributed by atoms with E-state index in [-0.39, 0.29) is 11.5 Å². The normalized spacial score (nSPS) is 12.0. The van der Waals surface area contributed by atoms with Gasteiger partial charge in [0.25, 0.3) is 5.91 Å². The highest BCUT2D eigenvalue weighted by atomic mass is 19.4. The van der Waals surface area contributed by atoms with E-state index in [2.05, 4.69) is 26.8 Å². The van der Waals surface area contributed by atoms with Gasteiger partial charge < -0.3 is 0 Å². The maximum atomic E-state index is 13.4. The number of hydrogen-bond donors (Lipinski definition) is 0. The molecule has 0 spiro atoms. The number of benzene rings is 2. The van der Waals surface area contributed by atoms with Crippen molar-refractivity contribution in [3.05, 3.63) is 69.9 Å². The van der Waals surface area contributed by atoms with Crippen LogP contribution in [0.5, 0.6) is 0 Å². The lowest BCUT2D eigenvalue weighted by Gasteiger charge is -2.12. The highest BCUT2D eigenvalue weighted by Crippen LogP contribution is 2.33. The SMILES string of the molecule is CCCc1c(CCC)n(C(=O)c2ccc(C(F)(F)F)cc2)c2cc(C)c(C)cc12. The number of hydrogen-bond acceptors (Lipinski definition) is 1. The number of carbonyl (C=O) groups is 1. The van der Waals surface area contributed by atoms with Crippen LogP contribution >= 0.6 is 0 Å². The summed E-state index contributed by atoms with van der Waals surface area (Å²) in [6.45, 7) is 8.24. The van der Waals surface area contributed by atoms with E-state index >= 15 is 0 Å². The van der Waals surface area contributed by atoms with Crippen LogP contribution in [-0.4, -0.2) is 10.5 Å². The molecule has 5 heteroatoms. The summed E-state index contributed by atoms with van der Waals surface area (Å²) in [6, 6.07) is 8.64. The van der Waals surface area contributed by atoms with Gasteiger partial charge in [0.15, 0.2) is 0 Å². The van der Waals surface area contributed by atoms with E-state index in [1.807, 2.05) is 13.0 Å². The van der Waals surface area contributed by atoms with Crippen molar-refractivity contribution in [3.8, 4) is 0 Å². The predicted molar refractivity (Wildman–Crippen MR) is 111 cm³/mol. The monoisotopic (exact) mass is 401 g/mol. The number of rotatable bonds is 5. The highest BCUT2D eigenvalue weighted by Gasteiger charge is 2.30. The molecule has 2 aromatic carbocycles. The summed E-state index contributed by atoms with van der Waals surface area (Å²) in [5, 5.41) is 1.07. The average Bonchev–Trinajstić information content (AvgIpc) is 2.94. The third kappa shape index (κ3) is 3.96. The molecule has 0 fully saturated rings. The van der Waals surface area contributed by atoms with E-state index in [0.29, 0.717) is 0 Å². The van der Waals surface area contributed by atoms with Crippen LogP contribution in [0, 0.1) is 13.8 Å². The summed E-state index contributed by atoms with van der Waals surface area (Å²) in [5.74, 6) is -0.280. The van der Waals surface area contributed by atoms with E-state index in [1.165, 1.54) is 17.7 Å². The van der Waals surface area contributed by atoms with Gasteiger partial charge >= 0.3 is 6.18 Å². The van der Waals surface area contributed by atoms with Crippen molar-refractivity contribution < 1.29 is 18.0 Å². The Morgan fingerprint density at radius 1 is 0.931 bits per heavy atom. The van der Waals surface area contributed by atoms with Crippen molar-refractivity contribution in [2.24, 2.45) is 0 Å². The number of carbonyl (C=O) groups excluding carboxylic acids is 1. The van der Waals surface area contributed by atoms with Gasteiger partial charge in [-0.2, -0.15) is 13.2 Å². The molecule has 1 aromatic heterocycles. The molecule has 0 atom stereocenters. The van der Waals surface area contributed by atoms with E-state index < -0.39 is 11.7 Å². The minimum atomic E-state index is -4.42. The second-order valence-corrected chi connectivity index (χ2v) is 7.59. The van der Waals surface area contributed by atoms with Gasteiger partial charge in [0.1, 0.15) is 0 Å². The largest absolute Gasteiger partial charge is 0.416 e. The Bertz CT molecular complexity index is 1040. The summed E-state index contributed by atoms with van der Waals surface area (Å²) in [6.07, 6.45) is -0.976. The minimum absolute atomic E-state index is 0.258. The van der Waals surface area contributed by atoms with E-state index in [4.69, 9.17) is 0 Å². The molecule has 0 saturated heterocycles. The topological polar surface area (TPSA) is 22.0 Å². The summed E-state index contributed by atoms with van der Waals surface area (Å²) in [7, 11) is 0. The van der Waals surface area contributed by atoms with Crippen LogP contribution in [0.25, 0.3) is 10.9 Å². The molecule has 3 rings (SSSR count). The third-order valence-corrected chi connectivity index (χ3v) is 5.45. The first-order valence-electron chi connectivity index (χ1n) is 10.0. The Balaban J connectivity index is 2.22. The molecule has 2 nitrogen and oxygen atoms in total. The van der Waals surface area contributed by atoms with Crippen molar-refractivity contribution in [2.45, 2.75) is 59.6 Å². The van der Waals surface area contributed by atoms with Crippen molar-refractivity contribution in [1.82, 2.24) is 4.57 Å². The Morgan fingerprint density at radius 3 is 2.07 bits per heavy atom. The van der Waals surface area contributed by atoms with Gasteiger partial charge in [-0.15, -0.1) is 0 Å². The van der Waals surface area contributed by atoms with Crippen LogP contribution in [-0.2, 0) is 19.0 Å². The molecule has 29 heavy (non-hydrogen) atoms. The van der Waals surface area contributed by atoms with Crippen molar-refractivity contribution in [3.63, 3.8) is 0 Å². The van der Waals surface area contributed by atoms with E-state index in [9.17, 15) is 18.0 Å². The van der Waals surface area contributed by atoms with Crippen LogP contribution in [0.3, 0.4) is 0 Å². The van der Waals surface area contributed by atoms with Crippen molar-refractivity contribution in [1.29, 1.82) is 0 Å². The molecule has 0 unspecified atom stereocenters. The smallest absolute Gasteiger partial charge is 0.280 e. The fraction of sp³-hybridized carbons (Fsp3) is 0.375. The predicted octanol–water partition coefficient (Wildman–Crippen LogP) is 6.87. The molecule has 0 radical (unpaired) electrons. The van der Waals surface area contributed by atoms with Crippen LogP contribution < -0.4 is 0 Å². The van der Waals surface area contributed by atoms with Gasteiger partial charge in [-0.25, -0.2) is 0 Å². The van der Waals surface area contributed by atoms with Crippen molar-refractivity contribution in [2.75, 3.05) is 0 Å². The minimum Gasteiger partial charge on any atom is -0.280 e. The maximum absolute atomic E-state index is 13.4. The molecule has 0 N–H and O–H groups in total. The van der Waals surface area contributed by atoms with Crippen LogP contribution in [0.2, 0.25) is 0 Å². The molecule has 154 valence electrons. The first-order chi connectivity index (χ1) is 13.7. The van der Waals surface area contributed by atoms with E-state index in [0.717, 1.165) is 65.5 Å². The van der Waals surface area contributed by atoms with Crippen molar-refractivity contribution >= 4 is 16.8 Å². The van der Waals surface area contributed by atoms with Gasteiger partial charge in [0, 0.05) is 16.6 Å². The zero-order valence-corrected chi connectivity index (χ0v) is 17.3. The first-order valence-corrected chi connectivity index (χ1v) is 10.0. The zero-order chi connectivity index (χ0) is 21.3. The number of aryl methyl sites for hydroxylation is 3. The van der Waals surface area contributed by atoms with Gasteiger partial charge in [-0.05, 0) is 79.8 Å². The van der Waals surface area contributed by atoms with Crippen LogP contribution in [0.15, 0.2) is 36.4 Å². The summed E-state index contributed by atoms with van der Waals surface area (Å²) in [4.78, 5) is 13.4. The maximum Gasteiger partial charge on any atom is 0.416 e. The molecule has 0 bridgehead atoms. The standard InChI is InChI=1S/C24H26F3NO/c1-5-7-19-20-13-15(3)16(4)14-22(20)28(21(19)8-6-2)23(29)17-9-11-18(12-10-17)24(25,26)27/h9-14H,5-8H2,1-4H3. The molecular weight excluding hydrogens is 375 g/mol. The van der Waals surface area contributed by atoms with Gasteiger partial charge in [0.2, 0.25) is 0 Å². The molecule has 0 amide bonds. The van der Waals surface area contributed by atoms with Crippen LogP contribution in [0.1, 0.15) is 65.0 Å². The quantitative estimate of drug-likeness (QED) is 0.457. The lowest BCUT2D eigenvalue weighted by molar-refractivity contribution is -0.137. The van der Waals surface area contributed by atoms with Gasteiger partial charge in [-0.3, -0.25) is 9.36 Å². The number of aromatic nitrogens is 1. The Kier molecular flexibility index (Phi) is 5.87. The number of alkyl halides is 3. The molecular formula is C24H26F3NO. The molecule has 3 aromatic rings. The number of fused-ring (bicyclic) bond motifs is 1. The first kappa shape index (κ1) is 21.2. The molecule has 1 heterocycles. The van der Waals surface area contributed by atoms with Crippen LogP contribution in [0.4, 0.5) is 13.2 Å². The number of halogens is 3. The third-order valence-electron chi connectivity index (χ3n) is 5.45. The molecule has 0 aliphatic carbocycles. The lowest BCUT2D eigenvalue weighted by atomic mass is 10.0. The summed E-state index contributed by atoms with van der Waals surface area (Å²) < 4.78 is 40.4. The Morgan fingerprint density at radius 2 is 1.52 bits per heavy atom. The van der Waals surface area contributed by atoms with Gasteiger partial charge in [0.05, 0.1) is 11.1 Å². The average molecular weight is 401 g/mol. The van der Waals surface area contributed by atoms with E-state index in [1.54, 1.807) is 4.57 Å². The molecule has 0 aliphatic heterocycles. The lowest BCUT2D eigenvalue weighted by Crippen LogP contribution is -2.16. The fourth-order valence-corrected chi connectivity index (χ4v) is 3.85. The Hall–Kier alpha value is -2.56. The zero-order valence-electron chi connectivity index (χ0n) is 17.3. The number of nitrogens with zero attached hydrogens (tertiary/aromatic N) is 1. The fourth-order valence-electron chi connectivity index (χ4n) is 3.85. The second-order valence-electron chi connectivity index (χ2n) is 7.59. The Labute approximate surface area is 169 Å². The molecule has 0 saturated carbocycles. The summed E-state index contributed by atoms with van der Waals surface area (Å²) in [5.41, 5.74) is 4.74.